The first-order valence-electron chi connectivity index (χ1n) is 4.67. The van der Waals surface area contributed by atoms with Crippen LogP contribution in [-0.2, 0) is 6.54 Å². The van der Waals surface area contributed by atoms with Gasteiger partial charge in [-0.3, -0.25) is 0 Å². The minimum Gasteiger partial charge on any atom is -0.380 e. The summed E-state index contributed by atoms with van der Waals surface area (Å²) in [6.45, 7) is 0.593. The molecule has 0 aliphatic carbocycles. The van der Waals surface area contributed by atoms with Crippen LogP contribution in [0, 0.1) is 5.82 Å². The van der Waals surface area contributed by atoms with Crippen molar-refractivity contribution in [3.05, 3.63) is 49.3 Å². The first kappa shape index (κ1) is 13.0. The van der Waals surface area contributed by atoms with E-state index >= 15 is 0 Å². The first-order valence-corrected chi connectivity index (χ1v) is 6.69. The highest BCUT2D eigenvalue weighted by Crippen LogP contribution is 2.28. The molecule has 0 aliphatic rings. The average molecular weight is 311 g/mol. The maximum Gasteiger partial charge on any atom is 0.160 e. The van der Waals surface area contributed by atoms with Crippen LogP contribution in [0.1, 0.15) is 4.88 Å². The summed E-state index contributed by atoms with van der Waals surface area (Å²) in [6.07, 6.45) is 0. The molecule has 2 aromatic rings. The molecule has 1 heterocycles. The maximum absolute atomic E-state index is 13.2. The number of hydrogen-bond acceptors (Lipinski definition) is 2. The van der Waals surface area contributed by atoms with E-state index in [1.807, 2.05) is 11.4 Å². The van der Waals surface area contributed by atoms with Crippen LogP contribution in [0.5, 0.6) is 0 Å². The molecule has 0 saturated carbocycles. The molecule has 90 valence electrons. The van der Waals surface area contributed by atoms with Gasteiger partial charge in [0.2, 0.25) is 0 Å². The van der Waals surface area contributed by atoms with Crippen molar-refractivity contribution in [2.45, 2.75) is 6.54 Å². The number of rotatable bonds is 3. The third-order valence-corrected chi connectivity index (χ3v) is 3.91. The Morgan fingerprint density at radius 1 is 1.12 bits per heavy atom. The fourth-order valence-corrected chi connectivity index (χ4v) is 2.79. The Balaban J connectivity index is 2.09. The molecule has 1 aromatic heterocycles. The van der Waals surface area contributed by atoms with Crippen molar-refractivity contribution in [1.82, 2.24) is 0 Å². The Hall–Kier alpha value is -0.480. The van der Waals surface area contributed by atoms with E-state index in [1.54, 1.807) is 11.3 Å². The lowest BCUT2D eigenvalue weighted by molar-refractivity contribution is 0.629. The van der Waals surface area contributed by atoms with E-state index in [2.05, 4.69) is 5.32 Å². The Labute approximate surface area is 117 Å². The van der Waals surface area contributed by atoms with Crippen molar-refractivity contribution < 1.29 is 4.39 Å². The topological polar surface area (TPSA) is 12.0 Å². The van der Waals surface area contributed by atoms with E-state index in [0.29, 0.717) is 17.3 Å². The smallest absolute Gasteiger partial charge is 0.160 e. The van der Waals surface area contributed by atoms with Gasteiger partial charge in [0.15, 0.2) is 5.82 Å². The first-order chi connectivity index (χ1) is 8.06. The van der Waals surface area contributed by atoms with Gasteiger partial charge in [-0.1, -0.05) is 34.8 Å². The van der Waals surface area contributed by atoms with Gasteiger partial charge in [-0.05, 0) is 18.2 Å². The van der Waals surface area contributed by atoms with E-state index in [4.69, 9.17) is 34.8 Å². The van der Waals surface area contributed by atoms with Crippen LogP contribution in [0.4, 0.5) is 10.1 Å². The fourth-order valence-electron chi connectivity index (χ4n) is 1.29. The lowest BCUT2D eigenvalue weighted by Gasteiger charge is -2.07. The Morgan fingerprint density at radius 3 is 2.29 bits per heavy atom. The minimum atomic E-state index is -0.599. The highest BCUT2D eigenvalue weighted by Gasteiger charge is 2.07. The normalized spacial score (nSPS) is 10.6. The highest BCUT2D eigenvalue weighted by molar-refractivity contribution is 7.10. The fraction of sp³-hybridized carbons (Fsp3) is 0.0909. The van der Waals surface area contributed by atoms with Crippen LogP contribution in [0.2, 0.25) is 15.1 Å². The molecule has 6 heteroatoms. The Kier molecular flexibility index (Phi) is 4.15. The molecule has 1 nitrogen and oxygen atoms in total. The van der Waals surface area contributed by atoms with Gasteiger partial charge in [-0.25, -0.2) is 4.39 Å². The van der Waals surface area contributed by atoms with Gasteiger partial charge in [0, 0.05) is 22.5 Å². The lowest BCUT2D eigenvalue weighted by atomic mass is 10.3. The van der Waals surface area contributed by atoms with E-state index in [0.717, 1.165) is 4.88 Å². The molecule has 0 bridgehead atoms. The summed E-state index contributed by atoms with van der Waals surface area (Å²) < 4.78 is 13.2. The second-order valence-electron chi connectivity index (χ2n) is 3.34. The van der Waals surface area contributed by atoms with Gasteiger partial charge in [-0.2, -0.15) is 0 Å². The van der Waals surface area contributed by atoms with E-state index in [-0.39, 0.29) is 10.0 Å². The maximum atomic E-state index is 13.2. The number of benzene rings is 1. The van der Waals surface area contributed by atoms with Crippen molar-refractivity contribution in [2.75, 3.05) is 5.32 Å². The summed E-state index contributed by atoms with van der Waals surface area (Å²) in [4.78, 5) is 1.08. The van der Waals surface area contributed by atoms with Crippen molar-refractivity contribution in [1.29, 1.82) is 0 Å². The molecule has 1 aromatic carbocycles. The van der Waals surface area contributed by atoms with Gasteiger partial charge in [0.1, 0.15) is 0 Å². The monoisotopic (exact) mass is 309 g/mol. The number of nitrogens with one attached hydrogen (secondary N) is 1. The van der Waals surface area contributed by atoms with Gasteiger partial charge in [0.25, 0.3) is 0 Å². The quantitative estimate of drug-likeness (QED) is 0.742. The molecule has 0 fully saturated rings. The molecule has 0 atom stereocenters. The van der Waals surface area contributed by atoms with Gasteiger partial charge < -0.3 is 5.32 Å². The van der Waals surface area contributed by atoms with Crippen LogP contribution in [-0.4, -0.2) is 0 Å². The Bertz CT molecular complexity index is 518. The molecule has 0 amide bonds. The number of thiophene rings is 1. The van der Waals surface area contributed by atoms with Gasteiger partial charge in [0.05, 0.1) is 15.1 Å². The SMILES string of the molecule is Fc1c(Cl)cc(NCc2cc(Cl)cs2)cc1Cl. The zero-order chi connectivity index (χ0) is 12.4. The lowest BCUT2D eigenvalue weighted by Crippen LogP contribution is -1.98. The highest BCUT2D eigenvalue weighted by atomic mass is 35.5. The molecule has 0 unspecified atom stereocenters. The minimum absolute atomic E-state index is 0.00390. The van der Waals surface area contributed by atoms with Crippen LogP contribution in [0.3, 0.4) is 0 Å². The van der Waals surface area contributed by atoms with Crippen molar-refractivity contribution in [2.24, 2.45) is 0 Å². The largest absolute Gasteiger partial charge is 0.380 e. The van der Waals surface area contributed by atoms with Gasteiger partial charge in [-0.15, -0.1) is 11.3 Å². The van der Waals surface area contributed by atoms with Crippen molar-refractivity contribution in [3.8, 4) is 0 Å². The zero-order valence-electron chi connectivity index (χ0n) is 8.44. The van der Waals surface area contributed by atoms with Crippen LogP contribution >= 0.6 is 46.1 Å². The summed E-state index contributed by atoms with van der Waals surface area (Å²) in [7, 11) is 0. The van der Waals surface area contributed by atoms with Crippen molar-refractivity contribution in [3.63, 3.8) is 0 Å². The summed E-state index contributed by atoms with van der Waals surface area (Å²) in [5.74, 6) is -0.599. The van der Waals surface area contributed by atoms with Crippen LogP contribution < -0.4 is 5.32 Å². The molecule has 17 heavy (non-hydrogen) atoms. The van der Waals surface area contributed by atoms with Crippen LogP contribution in [0.15, 0.2) is 23.6 Å². The summed E-state index contributed by atoms with van der Waals surface area (Å²) in [5.41, 5.74) is 0.672. The average Bonchev–Trinajstić information content (AvgIpc) is 2.69. The van der Waals surface area contributed by atoms with Crippen LogP contribution in [0.25, 0.3) is 0 Å². The predicted molar refractivity (Wildman–Crippen MR) is 73.1 cm³/mol. The second kappa shape index (κ2) is 5.44. The molecule has 0 radical (unpaired) electrons. The third kappa shape index (κ3) is 3.26. The summed E-state index contributed by atoms with van der Waals surface area (Å²) in [5, 5.41) is 5.67. The predicted octanol–water partition coefficient (Wildman–Crippen LogP) is 5.46. The molecule has 0 aliphatic heterocycles. The van der Waals surface area contributed by atoms with Crippen molar-refractivity contribution >= 4 is 51.8 Å². The van der Waals surface area contributed by atoms with E-state index in [9.17, 15) is 4.39 Å². The zero-order valence-corrected chi connectivity index (χ0v) is 11.5. The standard InChI is InChI=1S/C11H7Cl3FNS/c12-6-1-8(17-5-6)4-16-7-2-9(13)11(15)10(14)3-7/h1-3,5,16H,4H2. The molecule has 0 saturated heterocycles. The molecule has 1 N–H and O–H groups in total. The Morgan fingerprint density at radius 2 is 1.76 bits per heavy atom. The van der Waals surface area contributed by atoms with E-state index in [1.165, 1.54) is 12.1 Å². The molecule has 2 rings (SSSR count). The van der Waals surface area contributed by atoms with E-state index < -0.39 is 5.82 Å². The number of halogens is 4. The summed E-state index contributed by atoms with van der Waals surface area (Å²) >= 11 is 18.7. The van der Waals surface area contributed by atoms with Gasteiger partial charge >= 0.3 is 0 Å². The second-order valence-corrected chi connectivity index (χ2v) is 5.59. The molecule has 0 spiro atoms. The number of hydrogen-bond donors (Lipinski definition) is 1. The third-order valence-electron chi connectivity index (χ3n) is 2.07. The summed E-state index contributed by atoms with van der Waals surface area (Å²) in [6, 6.07) is 4.86. The molecular formula is C11H7Cl3FNS. The number of anilines is 1. The molecular weight excluding hydrogens is 304 g/mol.